The van der Waals surface area contributed by atoms with Gasteiger partial charge in [0.2, 0.25) is 0 Å². The van der Waals surface area contributed by atoms with E-state index < -0.39 is 0 Å². The Kier molecular flexibility index (Phi) is 3.79. The third kappa shape index (κ3) is 2.71. The van der Waals surface area contributed by atoms with Crippen LogP contribution in [0.2, 0.25) is 0 Å². The molecule has 21 heavy (non-hydrogen) atoms. The Morgan fingerprint density at radius 2 is 2.14 bits per heavy atom. The molecule has 2 aromatic rings. The number of aryl methyl sites for hydroxylation is 2. The minimum Gasteiger partial charge on any atom is -0.340 e. The van der Waals surface area contributed by atoms with E-state index in [-0.39, 0.29) is 5.91 Å². The number of carbonyl (C=O) groups excluding carboxylic acids is 1. The van der Waals surface area contributed by atoms with Crippen LogP contribution in [0.1, 0.15) is 40.8 Å². The Hall–Kier alpha value is -2.08. The van der Waals surface area contributed by atoms with Crippen molar-refractivity contribution in [2.24, 2.45) is 0 Å². The van der Waals surface area contributed by atoms with Crippen LogP contribution in [-0.2, 0) is 0 Å². The van der Waals surface area contributed by atoms with Crippen LogP contribution in [0.4, 0.5) is 5.69 Å². The van der Waals surface area contributed by atoms with Gasteiger partial charge in [-0.1, -0.05) is 0 Å². The Morgan fingerprint density at radius 1 is 1.38 bits per heavy atom. The molecular formula is C15H21N5O. The number of aromatic nitrogens is 3. The monoisotopic (exact) mass is 287 g/mol. The molecule has 1 amide bonds. The molecule has 1 fully saturated rings. The average molecular weight is 287 g/mol. The van der Waals surface area contributed by atoms with E-state index >= 15 is 0 Å². The normalized spacial score (nSPS) is 16.1. The lowest BCUT2D eigenvalue weighted by atomic mass is 10.1. The highest BCUT2D eigenvalue weighted by molar-refractivity contribution is 6.03. The molecule has 1 saturated heterocycles. The molecule has 1 aliphatic heterocycles. The summed E-state index contributed by atoms with van der Waals surface area (Å²) >= 11 is 0. The Morgan fingerprint density at radius 3 is 2.81 bits per heavy atom. The maximum atomic E-state index is 12.6. The largest absolute Gasteiger partial charge is 0.340 e. The van der Waals surface area contributed by atoms with Gasteiger partial charge in [-0.25, -0.2) is 0 Å². The molecule has 0 spiro atoms. The number of aromatic amines is 1. The Bertz CT molecular complexity index is 617. The molecule has 0 atom stereocenters. The summed E-state index contributed by atoms with van der Waals surface area (Å²) in [5.74, 6) is -0.0777. The van der Waals surface area contributed by atoms with Gasteiger partial charge in [0.1, 0.15) is 5.69 Å². The Labute approximate surface area is 123 Å². The van der Waals surface area contributed by atoms with Crippen molar-refractivity contribution in [3.63, 3.8) is 0 Å². The van der Waals surface area contributed by atoms with Crippen molar-refractivity contribution in [1.29, 1.82) is 0 Å². The lowest BCUT2D eigenvalue weighted by molar-refractivity contribution is 0.101. The predicted octanol–water partition coefficient (Wildman–Crippen LogP) is 2.00. The maximum absolute atomic E-state index is 12.6. The fraction of sp³-hybridized carbons (Fsp3) is 0.467. The number of amides is 1. The second-order valence-electron chi connectivity index (χ2n) is 5.55. The van der Waals surface area contributed by atoms with Crippen molar-refractivity contribution in [3.8, 4) is 0 Å². The second-order valence-corrected chi connectivity index (χ2v) is 5.55. The summed E-state index contributed by atoms with van der Waals surface area (Å²) in [6, 6.07) is 4.21. The summed E-state index contributed by atoms with van der Waals surface area (Å²) in [5, 5.41) is 13.3. The number of hydrogen-bond acceptors (Lipinski definition) is 3. The van der Waals surface area contributed by atoms with Crippen LogP contribution in [0.5, 0.6) is 0 Å². The molecule has 2 aromatic heterocycles. The third-order valence-corrected chi connectivity index (χ3v) is 4.08. The fourth-order valence-electron chi connectivity index (χ4n) is 2.90. The van der Waals surface area contributed by atoms with E-state index in [1.165, 1.54) is 0 Å². The molecule has 0 bridgehead atoms. The van der Waals surface area contributed by atoms with Crippen molar-refractivity contribution >= 4 is 11.6 Å². The van der Waals surface area contributed by atoms with E-state index in [0.717, 1.165) is 43.0 Å². The first-order chi connectivity index (χ1) is 10.2. The van der Waals surface area contributed by atoms with E-state index in [4.69, 9.17) is 0 Å². The first-order valence-corrected chi connectivity index (χ1v) is 7.37. The van der Waals surface area contributed by atoms with Crippen LogP contribution in [-0.4, -0.2) is 33.8 Å². The van der Waals surface area contributed by atoms with Crippen LogP contribution in [0.25, 0.3) is 0 Å². The summed E-state index contributed by atoms with van der Waals surface area (Å²) in [5.41, 5.74) is 3.17. The molecule has 112 valence electrons. The zero-order chi connectivity index (χ0) is 14.8. The summed E-state index contributed by atoms with van der Waals surface area (Å²) in [6.45, 7) is 5.79. The van der Waals surface area contributed by atoms with Crippen LogP contribution in [0.3, 0.4) is 0 Å². The molecule has 0 radical (unpaired) electrons. The zero-order valence-electron chi connectivity index (χ0n) is 12.4. The first kappa shape index (κ1) is 13.9. The minimum atomic E-state index is -0.0777. The number of hydrogen-bond donors (Lipinski definition) is 3. The molecular weight excluding hydrogens is 266 g/mol. The summed E-state index contributed by atoms with van der Waals surface area (Å²) in [6.07, 6.45) is 4.11. The van der Waals surface area contributed by atoms with Gasteiger partial charge < -0.3 is 15.2 Å². The number of rotatable bonds is 3. The van der Waals surface area contributed by atoms with Crippen molar-refractivity contribution in [2.45, 2.75) is 32.7 Å². The lowest BCUT2D eigenvalue weighted by Gasteiger charge is -2.25. The smallest absolute Gasteiger partial charge is 0.272 e. The van der Waals surface area contributed by atoms with Crippen LogP contribution < -0.4 is 10.6 Å². The van der Waals surface area contributed by atoms with E-state index in [2.05, 4.69) is 25.4 Å². The highest BCUT2D eigenvalue weighted by Crippen LogP contribution is 2.23. The predicted molar refractivity (Wildman–Crippen MR) is 81.6 cm³/mol. The van der Waals surface area contributed by atoms with Gasteiger partial charge >= 0.3 is 0 Å². The average Bonchev–Trinajstić information content (AvgIpc) is 3.10. The highest BCUT2D eigenvalue weighted by Gasteiger charge is 2.21. The van der Waals surface area contributed by atoms with Crippen LogP contribution in [0.15, 0.2) is 18.3 Å². The van der Waals surface area contributed by atoms with Crippen molar-refractivity contribution in [2.75, 3.05) is 18.4 Å². The molecule has 0 aliphatic carbocycles. The molecule has 0 saturated carbocycles. The molecule has 0 unspecified atom stereocenters. The van der Waals surface area contributed by atoms with Gasteiger partial charge in [-0.15, -0.1) is 0 Å². The summed E-state index contributed by atoms with van der Waals surface area (Å²) < 4.78 is 2.10. The number of anilines is 1. The van der Waals surface area contributed by atoms with Gasteiger partial charge in [0, 0.05) is 12.2 Å². The SMILES string of the molecule is Cc1n[nH]c(C)c1NC(=O)c1cccn1C1CCNCC1. The van der Waals surface area contributed by atoms with Crippen molar-refractivity contribution in [3.05, 3.63) is 35.4 Å². The molecule has 3 N–H and O–H groups in total. The minimum absolute atomic E-state index is 0.0777. The van der Waals surface area contributed by atoms with E-state index in [1.807, 2.05) is 32.2 Å². The topological polar surface area (TPSA) is 74.7 Å². The number of nitrogens with zero attached hydrogens (tertiary/aromatic N) is 2. The van der Waals surface area contributed by atoms with E-state index in [1.54, 1.807) is 0 Å². The molecule has 3 rings (SSSR count). The van der Waals surface area contributed by atoms with Crippen LogP contribution >= 0.6 is 0 Å². The lowest BCUT2D eigenvalue weighted by Crippen LogP contribution is -2.31. The van der Waals surface area contributed by atoms with E-state index in [0.29, 0.717) is 11.7 Å². The fourth-order valence-corrected chi connectivity index (χ4v) is 2.90. The molecule has 1 aliphatic rings. The maximum Gasteiger partial charge on any atom is 0.272 e. The van der Waals surface area contributed by atoms with Crippen molar-refractivity contribution < 1.29 is 4.79 Å². The molecule has 6 nitrogen and oxygen atoms in total. The molecule has 6 heteroatoms. The van der Waals surface area contributed by atoms with Crippen LogP contribution in [0, 0.1) is 13.8 Å². The first-order valence-electron chi connectivity index (χ1n) is 7.37. The van der Waals surface area contributed by atoms with Gasteiger partial charge in [-0.05, 0) is 51.9 Å². The quantitative estimate of drug-likeness (QED) is 0.808. The van der Waals surface area contributed by atoms with Gasteiger partial charge in [-0.3, -0.25) is 9.89 Å². The van der Waals surface area contributed by atoms with Crippen molar-refractivity contribution in [1.82, 2.24) is 20.1 Å². The van der Waals surface area contributed by atoms with Gasteiger partial charge in [0.05, 0.1) is 17.1 Å². The number of carbonyl (C=O) groups is 1. The van der Waals surface area contributed by atoms with Gasteiger partial charge in [0.15, 0.2) is 0 Å². The number of H-pyrrole nitrogens is 1. The Balaban J connectivity index is 1.81. The standard InChI is InChI=1S/C15H21N5O/c1-10-14(11(2)19-18-10)17-15(21)13-4-3-9-20(13)12-5-7-16-8-6-12/h3-4,9,12,16H,5-8H2,1-2H3,(H,17,21)(H,18,19). The number of piperidine rings is 1. The van der Waals surface area contributed by atoms with E-state index in [9.17, 15) is 4.79 Å². The van der Waals surface area contributed by atoms with Gasteiger partial charge in [-0.2, -0.15) is 5.10 Å². The van der Waals surface area contributed by atoms with Gasteiger partial charge in [0.25, 0.3) is 5.91 Å². The summed E-state index contributed by atoms with van der Waals surface area (Å²) in [4.78, 5) is 12.6. The number of nitrogens with one attached hydrogen (secondary N) is 3. The highest BCUT2D eigenvalue weighted by atomic mass is 16.2. The second kappa shape index (κ2) is 5.73. The summed E-state index contributed by atoms with van der Waals surface area (Å²) in [7, 11) is 0. The molecule has 0 aromatic carbocycles. The zero-order valence-corrected chi connectivity index (χ0v) is 12.4. The molecule has 3 heterocycles. The third-order valence-electron chi connectivity index (χ3n) is 4.08.